The maximum Gasteiger partial charge on any atom is 0.248 e. The van der Waals surface area contributed by atoms with Gasteiger partial charge in [0.2, 0.25) is 5.91 Å². The third kappa shape index (κ3) is 5.53. The number of rotatable bonds is 8. The highest BCUT2D eigenvalue weighted by Crippen LogP contribution is 2.60. The number of nitrogens with zero attached hydrogens (tertiary/aromatic N) is 1. The van der Waals surface area contributed by atoms with E-state index < -0.39 is 0 Å². The van der Waals surface area contributed by atoms with Gasteiger partial charge in [-0.1, -0.05) is 36.4 Å². The van der Waals surface area contributed by atoms with Gasteiger partial charge in [-0.3, -0.25) is 4.79 Å². The van der Waals surface area contributed by atoms with E-state index in [-0.39, 0.29) is 5.91 Å². The van der Waals surface area contributed by atoms with Gasteiger partial charge in [0.1, 0.15) is 0 Å². The Kier molecular flexibility index (Phi) is 6.68. The molecule has 4 aliphatic carbocycles. The molecule has 0 aliphatic heterocycles. The first-order valence-corrected chi connectivity index (χ1v) is 14.5. The smallest absolute Gasteiger partial charge is 0.248 e. The number of nitrogen functional groups attached to an aromatic ring is 1. The molecule has 1 amide bonds. The Morgan fingerprint density at radius 2 is 1.76 bits per heavy atom. The molecule has 4 nitrogen and oxygen atoms in total. The number of nitrogens with one attached hydrogen (secondary N) is 1. The fourth-order valence-electron chi connectivity index (χ4n) is 7.78. The van der Waals surface area contributed by atoms with Crippen LogP contribution in [0.5, 0.6) is 0 Å². The van der Waals surface area contributed by atoms with E-state index in [2.05, 4.69) is 47.6 Å². The zero-order valence-corrected chi connectivity index (χ0v) is 22.5. The highest BCUT2D eigenvalue weighted by molar-refractivity contribution is 7.13. The summed E-state index contributed by atoms with van der Waals surface area (Å²) in [5, 5.41) is 4.94. The van der Waals surface area contributed by atoms with Crippen molar-refractivity contribution in [3.63, 3.8) is 0 Å². The van der Waals surface area contributed by atoms with E-state index in [1.54, 1.807) is 17.4 Å². The van der Waals surface area contributed by atoms with Gasteiger partial charge in [0.25, 0.3) is 0 Å². The minimum Gasteiger partial charge on any atom is -0.397 e. The molecular formula is C32H37N3OS. The second-order valence-corrected chi connectivity index (χ2v) is 12.9. The molecule has 5 heteroatoms. The van der Waals surface area contributed by atoms with Gasteiger partial charge in [0.15, 0.2) is 0 Å². The van der Waals surface area contributed by atoms with Crippen molar-refractivity contribution in [3.05, 3.63) is 77.2 Å². The second kappa shape index (κ2) is 10.1. The third-order valence-corrected chi connectivity index (χ3v) is 9.66. The van der Waals surface area contributed by atoms with Crippen molar-refractivity contribution >= 4 is 34.7 Å². The van der Waals surface area contributed by atoms with Crippen molar-refractivity contribution in [1.29, 1.82) is 0 Å². The van der Waals surface area contributed by atoms with Gasteiger partial charge < -0.3 is 16.0 Å². The topological polar surface area (TPSA) is 58.4 Å². The maximum atomic E-state index is 12.5. The molecule has 3 aromatic rings. The monoisotopic (exact) mass is 511 g/mol. The van der Waals surface area contributed by atoms with Crippen LogP contribution in [0.25, 0.3) is 16.5 Å². The van der Waals surface area contributed by atoms with E-state index in [0.717, 1.165) is 40.3 Å². The van der Waals surface area contributed by atoms with Crippen LogP contribution in [0.1, 0.15) is 49.7 Å². The molecule has 0 radical (unpaired) electrons. The summed E-state index contributed by atoms with van der Waals surface area (Å²) in [6.07, 6.45) is 12.3. The predicted molar refractivity (Wildman–Crippen MR) is 155 cm³/mol. The number of hydrogen-bond donors (Lipinski definition) is 2. The number of carbonyl (C=O) groups excluding carboxylic acids is 1. The van der Waals surface area contributed by atoms with Crippen LogP contribution in [-0.2, 0) is 11.3 Å². The average molecular weight is 512 g/mol. The van der Waals surface area contributed by atoms with E-state index in [0.29, 0.717) is 16.8 Å². The number of anilines is 2. The minimum absolute atomic E-state index is 0.185. The summed E-state index contributed by atoms with van der Waals surface area (Å²) in [6.45, 7) is 2.21. The molecule has 0 atom stereocenters. The molecule has 4 fully saturated rings. The van der Waals surface area contributed by atoms with Crippen LogP contribution < -0.4 is 11.1 Å². The first-order valence-electron chi connectivity index (χ1n) is 13.6. The summed E-state index contributed by atoms with van der Waals surface area (Å²) in [5.41, 5.74) is 11.4. The molecule has 7 rings (SSSR count). The molecule has 1 aromatic heterocycles. The lowest BCUT2D eigenvalue weighted by atomic mass is 9.49. The Balaban J connectivity index is 1.02. The van der Waals surface area contributed by atoms with Gasteiger partial charge in [0, 0.05) is 24.0 Å². The van der Waals surface area contributed by atoms with E-state index in [9.17, 15) is 4.79 Å². The lowest BCUT2D eigenvalue weighted by molar-refractivity contribution is -0.111. The summed E-state index contributed by atoms with van der Waals surface area (Å²) in [5.74, 6) is 2.83. The van der Waals surface area contributed by atoms with Crippen molar-refractivity contribution in [1.82, 2.24) is 4.90 Å². The highest BCUT2D eigenvalue weighted by atomic mass is 32.1. The second-order valence-electron chi connectivity index (χ2n) is 11.9. The summed E-state index contributed by atoms with van der Waals surface area (Å²) in [6, 6.07) is 18.4. The Morgan fingerprint density at radius 3 is 2.38 bits per heavy atom. The van der Waals surface area contributed by atoms with Gasteiger partial charge in [-0.2, -0.15) is 0 Å². The van der Waals surface area contributed by atoms with Gasteiger partial charge in [0.05, 0.1) is 11.4 Å². The molecule has 0 saturated heterocycles. The molecule has 0 spiro atoms. The zero-order valence-electron chi connectivity index (χ0n) is 21.7. The van der Waals surface area contributed by atoms with Gasteiger partial charge in [-0.25, -0.2) is 0 Å². The molecule has 2 aromatic carbocycles. The summed E-state index contributed by atoms with van der Waals surface area (Å²) in [7, 11) is 2.29. The number of benzene rings is 2. The van der Waals surface area contributed by atoms with Gasteiger partial charge in [-0.05, 0) is 115 Å². The van der Waals surface area contributed by atoms with Gasteiger partial charge in [-0.15, -0.1) is 11.3 Å². The van der Waals surface area contributed by atoms with Crippen molar-refractivity contribution < 1.29 is 4.79 Å². The number of nitrogens with two attached hydrogens (primary N) is 1. The standard InChI is InChI=1S/C32H37N3OS/c1-35(21-32-17-24-13-25(18-32)15-26(14-24)19-32)20-23-6-4-22(5-7-23)8-11-31(36)34-29-10-9-27(16-28(29)33)30-3-2-12-37-30/h2-12,16,24-26H,13-15,17-21,33H2,1H3,(H,34,36)/b11-8+. The number of hydrogen-bond acceptors (Lipinski definition) is 4. The maximum absolute atomic E-state index is 12.5. The average Bonchev–Trinajstić information content (AvgIpc) is 3.39. The highest BCUT2D eigenvalue weighted by Gasteiger charge is 2.50. The molecule has 192 valence electrons. The Hall–Kier alpha value is -2.89. The molecule has 37 heavy (non-hydrogen) atoms. The van der Waals surface area contributed by atoms with E-state index in [4.69, 9.17) is 5.73 Å². The van der Waals surface area contributed by atoms with Crippen LogP contribution in [0.2, 0.25) is 0 Å². The summed E-state index contributed by atoms with van der Waals surface area (Å²) >= 11 is 1.67. The molecule has 3 N–H and O–H groups in total. The van der Waals surface area contributed by atoms with Crippen LogP contribution >= 0.6 is 11.3 Å². The molecular weight excluding hydrogens is 474 g/mol. The molecule has 4 aliphatic rings. The van der Waals surface area contributed by atoms with E-state index >= 15 is 0 Å². The molecule has 1 heterocycles. The van der Waals surface area contributed by atoms with E-state index in [1.165, 1.54) is 50.6 Å². The van der Waals surface area contributed by atoms with Crippen LogP contribution in [0.15, 0.2) is 66.1 Å². The summed E-state index contributed by atoms with van der Waals surface area (Å²) in [4.78, 5) is 16.2. The van der Waals surface area contributed by atoms with Crippen molar-refractivity contribution in [2.24, 2.45) is 23.2 Å². The fourth-order valence-corrected chi connectivity index (χ4v) is 8.50. The Bertz CT molecular complexity index is 1240. The number of carbonyl (C=O) groups is 1. The molecule has 0 unspecified atom stereocenters. The van der Waals surface area contributed by atoms with Crippen molar-refractivity contribution in [3.8, 4) is 10.4 Å². The first-order chi connectivity index (χ1) is 17.9. The molecule has 4 saturated carbocycles. The third-order valence-electron chi connectivity index (χ3n) is 8.74. The van der Waals surface area contributed by atoms with Crippen LogP contribution in [0.4, 0.5) is 11.4 Å². The lowest BCUT2D eigenvalue weighted by Crippen LogP contribution is -2.50. The number of amides is 1. The Labute approximate surface area is 224 Å². The van der Waals surface area contributed by atoms with Crippen molar-refractivity contribution in [2.75, 3.05) is 24.6 Å². The first kappa shape index (κ1) is 24.4. The normalized spacial score (nSPS) is 26.3. The largest absolute Gasteiger partial charge is 0.397 e. The lowest BCUT2D eigenvalue weighted by Gasteiger charge is -2.57. The van der Waals surface area contributed by atoms with Crippen LogP contribution in [0, 0.1) is 23.2 Å². The van der Waals surface area contributed by atoms with Crippen molar-refractivity contribution in [2.45, 2.75) is 45.1 Å². The van der Waals surface area contributed by atoms with E-state index in [1.807, 2.05) is 35.7 Å². The van der Waals surface area contributed by atoms with Crippen LogP contribution in [-0.4, -0.2) is 24.4 Å². The summed E-state index contributed by atoms with van der Waals surface area (Å²) < 4.78 is 0. The molecule has 4 bridgehead atoms. The quantitative estimate of drug-likeness (QED) is 0.246. The van der Waals surface area contributed by atoms with Crippen LogP contribution in [0.3, 0.4) is 0 Å². The fraction of sp³-hybridized carbons (Fsp3) is 0.406. The SMILES string of the molecule is CN(Cc1ccc(/C=C/C(=O)Nc2ccc(-c3cccs3)cc2N)cc1)CC12CC3CC(CC(C3)C1)C2. The number of thiophene rings is 1. The van der Waals surface area contributed by atoms with Gasteiger partial charge >= 0.3 is 0 Å². The zero-order chi connectivity index (χ0) is 25.4. The Morgan fingerprint density at radius 1 is 1.05 bits per heavy atom. The predicted octanol–water partition coefficient (Wildman–Crippen LogP) is 7.30. The minimum atomic E-state index is -0.185.